The van der Waals surface area contributed by atoms with Crippen molar-refractivity contribution in [3.8, 4) is 66.8 Å². The molecule has 10 aromatic rings. The lowest BCUT2D eigenvalue weighted by atomic mass is 9.70. The minimum absolute atomic E-state index is 0.165. The fourth-order valence-corrected chi connectivity index (χ4v) is 11.8. The summed E-state index contributed by atoms with van der Waals surface area (Å²) in [7, 11) is 0. The molecule has 0 unspecified atom stereocenters. The summed E-state index contributed by atoms with van der Waals surface area (Å²) in [5, 5.41) is 0. The minimum atomic E-state index is -0.465. The predicted molar refractivity (Wildman–Crippen MR) is 271 cm³/mol. The molecule has 1 nitrogen and oxygen atoms in total. The second kappa shape index (κ2) is 14.3. The largest absolute Gasteiger partial charge is 0.310 e. The van der Waals surface area contributed by atoms with Crippen molar-refractivity contribution in [1.82, 2.24) is 0 Å². The zero-order valence-electron chi connectivity index (χ0n) is 36.5. The summed E-state index contributed by atoms with van der Waals surface area (Å²) in [5.41, 5.74) is 25.8. The Morgan fingerprint density at radius 3 is 1.28 bits per heavy atom. The SMILES string of the molecule is CC1(C)c2ccc(N(c3cc(-c4ccccc4)cc(-c4ccccc4)c3)c3ccc4c(c3)C3(c5ccccc5-c5ccccc53)c3ccccc3-4)cc2-c2c(-c3ccccc3)cccc21. The van der Waals surface area contributed by atoms with Gasteiger partial charge in [0.15, 0.2) is 0 Å². The molecule has 0 bridgehead atoms. The van der Waals surface area contributed by atoms with Crippen LogP contribution in [-0.4, -0.2) is 0 Å². The topological polar surface area (TPSA) is 3.24 Å². The smallest absolute Gasteiger partial charge is 0.0726 e. The molecule has 0 amide bonds. The van der Waals surface area contributed by atoms with Crippen LogP contribution in [0.1, 0.15) is 47.2 Å². The van der Waals surface area contributed by atoms with Gasteiger partial charge in [-0.2, -0.15) is 0 Å². The van der Waals surface area contributed by atoms with Gasteiger partial charge in [0.1, 0.15) is 0 Å². The first-order valence-corrected chi connectivity index (χ1v) is 22.8. The third-order valence-electron chi connectivity index (χ3n) is 14.7. The molecule has 1 heteroatoms. The summed E-state index contributed by atoms with van der Waals surface area (Å²) in [5.74, 6) is 0. The van der Waals surface area contributed by atoms with Crippen LogP contribution in [0.25, 0.3) is 66.8 Å². The van der Waals surface area contributed by atoms with E-state index in [1.54, 1.807) is 0 Å². The van der Waals surface area contributed by atoms with Gasteiger partial charge < -0.3 is 4.90 Å². The molecular weight excluding hydrogens is 783 g/mol. The molecule has 1 spiro atoms. The molecule has 10 aromatic carbocycles. The van der Waals surface area contributed by atoms with E-state index in [2.05, 4.69) is 255 Å². The van der Waals surface area contributed by atoms with Gasteiger partial charge in [-0.25, -0.2) is 0 Å². The van der Waals surface area contributed by atoms with E-state index in [1.165, 1.54) is 100 Å². The van der Waals surface area contributed by atoms with E-state index in [0.29, 0.717) is 0 Å². The average molecular weight is 828 g/mol. The van der Waals surface area contributed by atoms with Crippen molar-refractivity contribution >= 4 is 17.1 Å². The van der Waals surface area contributed by atoms with Crippen molar-refractivity contribution in [3.05, 3.63) is 270 Å². The van der Waals surface area contributed by atoms with E-state index in [9.17, 15) is 0 Å². The molecule has 13 rings (SSSR count). The highest BCUT2D eigenvalue weighted by Gasteiger charge is 2.51. The van der Waals surface area contributed by atoms with Gasteiger partial charge in [0.25, 0.3) is 0 Å². The highest BCUT2D eigenvalue weighted by Crippen LogP contribution is 2.63. The van der Waals surface area contributed by atoms with E-state index in [4.69, 9.17) is 0 Å². The normalized spacial score (nSPS) is 13.9. The van der Waals surface area contributed by atoms with Gasteiger partial charge in [-0.15, -0.1) is 0 Å². The molecule has 0 saturated carbocycles. The van der Waals surface area contributed by atoms with Crippen molar-refractivity contribution in [2.45, 2.75) is 24.7 Å². The van der Waals surface area contributed by atoms with Gasteiger partial charge in [0.2, 0.25) is 0 Å². The van der Waals surface area contributed by atoms with E-state index < -0.39 is 5.41 Å². The van der Waals surface area contributed by atoms with Crippen LogP contribution in [0.15, 0.2) is 237 Å². The molecule has 0 fully saturated rings. The second-order valence-corrected chi connectivity index (χ2v) is 18.4. The van der Waals surface area contributed by atoms with Crippen LogP contribution in [0.4, 0.5) is 17.1 Å². The first-order chi connectivity index (χ1) is 32.0. The highest BCUT2D eigenvalue weighted by molar-refractivity contribution is 5.98. The summed E-state index contributed by atoms with van der Waals surface area (Å²) < 4.78 is 0. The Morgan fingerprint density at radius 1 is 0.262 bits per heavy atom. The molecule has 0 aliphatic heterocycles. The zero-order chi connectivity index (χ0) is 43.3. The van der Waals surface area contributed by atoms with Crippen LogP contribution in [0.2, 0.25) is 0 Å². The number of nitrogens with zero attached hydrogens (tertiary/aromatic N) is 1. The standard InChI is InChI=1S/C64H45N/c1-63(2)56-36-34-47(40-55(56)62-50(28-18-32-60(62)63)44-23-10-5-11-24-44)65(49-38-45(42-19-6-3-7-20-42)37-46(39-49)43-21-8-4-9-22-43)48-33-35-54-53-27-14-17-31-59(53)64(61(54)41-48)57-29-15-12-25-51(57)52-26-13-16-30-58(52)64/h3-41H,1-2H3. The summed E-state index contributed by atoms with van der Waals surface area (Å²) >= 11 is 0. The average Bonchev–Trinajstić information content (AvgIpc) is 3.93. The molecule has 0 aromatic heterocycles. The zero-order valence-corrected chi connectivity index (χ0v) is 36.5. The summed E-state index contributed by atoms with van der Waals surface area (Å²) in [4.78, 5) is 2.53. The van der Waals surface area contributed by atoms with Crippen molar-refractivity contribution in [2.75, 3.05) is 4.90 Å². The Kier molecular flexibility index (Phi) is 8.24. The lowest BCUT2D eigenvalue weighted by Gasteiger charge is -2.32. The van der Waals surface area contributed by atoms with E-state index >= 15 is 0 Å². The monoisotopic (exact) mass is 827 g/mol. The molecule has 0 saturated heterocycles. The second-order valence-electron chi connectivity index (χ2n) is 18.4. The quantitative estimate of drug-likeness (QED) is 0.161. The first-order valence-electron chi connectivity index (χ1n) is 22.8. The molecule has 306 valence electrons. The Balaban J connectivity index is 1.10. The third kappa shape index (κ3) is 5.46. The number of fused-ring (bicyclic) bond motifs is 13. The first kappa shape index (κ1) is 37.5. The van der Waals surface area contributed by atoms with E-state index in [1.807, 2.05) is 0 Å². The molecule has 0 atom stereocenters. The summed E-state index contributed by atoms with van der Waals surface area (Å²) in [6.45, 7) is 4.77. The predicted octanol–water partition coefficient (Wildman–Crippen LogP) is 16.8. The Hall–Kier alpha value is -8.00. The third-order valence-corrected chi connectivity index (χ3v) is 14.7. The van der Waals surface area contributed by atoms with Crippen LogP contribution < -0.4 is 4.90 Å². The molecule has 3 aliphatic carbocycles. The Labute approximate surface area is 381 Å². The Morgan fingerprint density at radius 2 is 0.708 bits per heavy atom. The maximum Gasteiger partial charge on any atom is 0.0726 e. The fourth-order valence-electron chi connectivity index (χ4n) is 11.8. The summed E-state index contributed by atoms with van der Waals surface area (Å²) in [6.07, 6.45) is 0. The lowest BCUT2D eigenvalue weighted by molar-refractivity contribution is 0.660. The van der Waals surface area contributed by atoms with Gasteiger partial charge in [0, 0.05) is 22.5 Å². The van der Waals surface area contributed by atoms with Crippen LogP contribution in [-0.2, 0) is 10.8 Å². The maximum atomic E-state index is 2.53. The molecular formula is C64H45N. The fraction of sp³-hybridized carbons (Fsp3) is 0.0625. The van der Waals surface area contributed by atoms with Crippen LogP contribution in [0.3, 0.4) is 0 Å². The number of rotatable bonds is 6. The van der Waals surface area contributed by atoms with Gasteiger partial charge in [0.05, 0.1) is 5.41 Å². The van der Waals surface area contributed by atoms with E-state index in [-0.39, 0.29) is 5.41 Å². The van der Waals surface area contributed by atoms with Crippen molar-refractivity contribution in [3.63, 3.8) is 0 Å². The number of benzene rings is 10. The minimum Gasteiger partial charge on any atom is -0.310 e. The number of hydrogen-bond donors (Lipinski definition) is 0. The van der Waals surface area contributed by atoms with Gasteiger partial charge in [-0.1, -0.05) is 208 Å². The number of anilines is 3. The van der Waals surface area contributed by atoms with Crippen molar-refractivity contribution in [2.24, 2.45) is 0 Å². The maximum absolute atomic E-state index is 2.53. The summed E-state index contributed by atoms with van der Waals surface area (Å²) in [6, 6.07) is 88.4. The van der Waals surface area contributed by atoms with Gasteiger partial charge in [-0.05, 0) is 143 Å². The lowest BCUT2D eigenvalue weighted by Crippen LogP contribution is -2.26. The molecule has 0 heterocycles. The van der Waals surface area contributed by atoms with Crippen LogP contribution in [0, 0.1) is 0 Å². The van der Waals surface area contributed by atoms with Crippen molar-refractivity contribution < 1.29 is 0 Å². The van der Waals surface area contributed by atoms with Gasteiger partial charge >= 0.3 is 0 Å². The van der Waals surface area contributed by atoms with Crippen LogP contribution in [0.5, 0.6) is 0 Å². The Bertz CT molecular complexity index is 3390. The van der Waals surface area contributed by atoms with E-state index in [0.717, 1.165) is 17.1 Å². The molecule has 0 N–H and O–H groups in total. The van der Waals surface area contributed by atoms with Crippen LogP contribution >= 0.6 is 0 Å². The number of hydrogen-bond acceptors (Lipinski definition) is 1. The molecule has 3 aliphatic rings. The van der Waals surface area contributed by atoms with Crippen molar-refractivity contribution in [1.29, 1.82) is 0 Å². The van der Waals surface area contributed by atoms with Gasteiger partial charge in [-0.3, -0.25) is 0 Å². The molecule has 0 radical (unpaired) electrons. The molecule has 65 heavy (non-hydrogen) atoms. The highest BCUT2D eigenvalue weighted by atomic mass is 15.1.